The summed E-state index contributed by atoms with van der Waals surface area (Å²) in [7, 11) is 0. The lowest BCUT2D eigenvalue weighted by molar-refractivity contribution is -0.116. The molecule has 3 rings (SSSR count). The maximum atomic E-state index is 12.2. The van der Waals surface area contributed by atoms with Crippen LogP contribution in [0.25, 0.3) is 10.2 Å². The zero-order valence-corrected chi connectivity index (χ0v) is 13.2. The highest BCUT2D eigenvalue weighted by Crippen LogP contribution is 2.20. The van der Waals surface area contributed by atoms with Gasteiger partial charge in [0.15, 0.2) is 0 Å². The van der Waals surface area contributed by atoms with E-state index in [9.17, 15) is 9.59 Å². The summed E-state index contributed by atoms with van der Waals surface area (Å²) in [6, 6.07) is 16.8. The zero-order chi connectivity index (χ0) is 15.5. The summed E-state index contributed by atoms with van der Waals surface area (Å²) < 4.78 is 2.50. The van der Waals surface area contributed by atoms with E-state index < -0.39 is 0 Å². The molecule has 112 valence electrons. The van der Waals surface area contributed by atoms with Crippen molar-refractivity contribution in [2.45, 2.75) is 6.67 Å². The van der Waals surface area contributed by atoms with Crippen LogP contribution in [-0.4, -0.2) is 16.4 Å². The molecule has 0 saturated heterocycles. The van der Waals surface area contributed by atoms with Crippen molar-refractivity contribution in [1.29, 1.82) is 0 Å². The Bertz CT molecular complexity index is 857. The van der Waals surface area contributed by atoms with Gasteiger partial charge in [0, 0.05) is 5.69 Å². The second kappa shape index (κ2) is 6.34. The minimum absolute atomic E-state index is 0.0931. The fourth-order valence-corrected chi connectivity index (χ4v) is 3.30. The first-order valence-electron chi connectivity index (χ1n) is 6.70. The van der Waals surface area contributed by atoms with E-state index in [-0.39, 0.29) is 23.3 Å². The van der Waals surface area contributed by atoms with E-state index >= 15 is 0 Å². The van der Waals surface area contributed by atoms with Gasteiger partial charge in [0.1, 0.15) is 12.5 Å². The molecule has 4 nitrogen and oxygen atoms in total. The number of aromatic nitrogens is 1. The predicted molar refractivity (Wildman–Crippen MR) is 90.7 cm³/mol. The number of alkyl halides is 1. The Balaban J connectivity index is 2.05. The molecule has 0 fully saturated rings. The van der Waals surface area contributed by atoms with E-state index in [1.165, 1.54) is 16.2 Å². The van der Waals surface area contributed by atoms with E-state index in [0.717, 1.165) is 15.9 Å². The normalized spacial score (nSPS) is 10.8. The highest BCUT2D eigenvalue weighted by Gasteiger charge is 2.17. The molecule has 0 unspecified atom stereocenters. The van der Waals surface area contributed by atoms with Crippen molar-refractivity contribution >= 4 is 44.7 Å². The third kappa shape index (κ3) is 2.77. The third-order valence-electron chi connectivity index (χ3n) is 3.34. The van der Waals surface area contributed by atoms with Crippen LogP contribution in [0.1, 0.15) is 0 Å². The summed E-state index contributed by atoms with van der Waals surface area (Å²) >= 11 is 6.89. The third-order valence-corrected chi connectivity index (χ3v) is 4.53. The largest absolute Gasteiger partial charge is 0.309 e. The average molecular weight is 333 g/mol. The number of benzene rings is 2. The number of hydrogen-bond donors (Lipinski definition) is 0. The van der Waals surface area contributed by atoms with E-state index in [1.807, 2.05) is 54.6 Å². The molecule has 3 aromatic rings. The molecule has 0 saturated carbocycles. The summed E-state index contributed by atoms with van der Waals surface area (Å²) in [5, 5.41) is 0. The highest BCUT2D eigenvalue weighted by molar-refractivity contribution is 7.16. The molecular weight excluding hydrogens is 320 g/mol. The number of carbonyl (C=O) groups excluding carboxylic acids is 1. The van der Waals surface area contributed by atoms with Crippen LogP contribution in [0.2, 0.25) is 0 Å². The molecule has 0 spiro atoms. The number of para-hydroxylation sites is 2. The molecule has 0 aliphatic carbocycles. The smallest absolute Gasteiger partial charge is 0.293 e. The second-order valence-electron chi connectivity index (χ2n) is 4.70. The SMILES string of the molecule is O=C(CCl)N(Cn1c(=O)sc2ccccc21)c1ccccc1. The number of anilines is 1. The first-order chi connectivity index (χ1) is 10.7. The van der Waals surface area contributed by atoms with E-state index in [2.05, 4.69) is 0 Å². The standard InChI is InChI=1S/C16H13ClN2O2S/c17-10-15(20)18(12-6-2-1-3-7-12)11-19-13-8-4-5-9-14(13)22-16(19)21/h1-9H,10-11H2. The van der Waals surface area contributed by atoms with Crippen LogP contribution < -0.4 is 9.77 Å². The van der Waals surface area contributed by atoms with Gasteiger partial charge < -0.3 is 0 Å². The average Bonchev–Trinajstić information content (AvgIpc) is 2.88. The van der Waals surface area contributed by atoms with Crippen molar-refractivity contribution < 1.29 is 4.79 Å². The maximum absolute atomic E-state index is 12.2. The molecule has 0 aliphatic heterocycles. The molecule has 6 heteroatoms. The fraction of sp³-hybridized carbons (Fsp3) is 0.125. The van der Waals surface area contributed by atoms with Crippen molar-refractivity contribution in [2.75, 3.05) is 10.8 Å². The molecular formula is C16H13ClN2O2S. The minimum Gasteiger partial charge on any atom is -0.293 e. The van der Waals surface area contributed by atoms with E-state index in [0.29, 0.717) is 0 Å². The lowest BCUT2D eigenvalue weighted by Crippen LogP contribution is -2.36. The van der Waals surface area contributed by atoms with Crippen LogP contribution in [0, 0.1) is 0 Å². The van der Waals surface area contributed by atoms with E-state index in [1.54, 1.807) is 4.57 Å². The van der Waals surface area contributed by atoms with Crippen LogP contribution in [0.3, 0.4) is 0 Å². The topological polar surface area (TPSA) is 42.3 Å². The number of nitrogens with zero attached hydrogens (tertiary/aromatic N) is 2. The Morgan fingerprint density at radius 3 is 2.50 bits per heavy atom. The maximum Gasteiger partial charge on any atom is 0.309 e. The van der Waals surface area contributed by atoms with Gasteiger partial charge in [-0.15, -0.1) is 11.6 Å². The molecule has 2 aromatic carbocycles. The molecule has 1 heterocycles. The highest BCUT2D eigenvalue weighted by atomic mass is 35.5. The number of rotatable bonds is 4. The van der Waals surface area contributed by atoms with Gasteiger partial charge in [-0.2, -0.15) is 0 Å². The van der Waals surface area contributed by atoms with Crippen molar-refractivity contribution in [3.63, 3.8) is 0 Å². The van der Waals surface area contributed by atoms with Gasteiger partial charge in [-0.1, -0.05) is 41.7 Å². The van der Waals surface area contributed by atoms with Gasteiger partial charge in [0.2, 0.25) is 5.91 Å². The molecule has 0 radical (unpaired) electrons. The van der Waals surface area contributed by atoms with Gasteiger partial charge >= 0.3 is 4.87 Å². The predicted octanol–water partition coefficient (Wildman–Crippen LogP) is 3.29. The van der Waals surface area contributed by atoms with Gasteiger partial charge in [-0.25, -0.2) is 0 Å². The summed E-state index contributed by atoms with van der Waals surface area (Å²) in [4.78, 5) is 25.8. The fourth-order valence-electron chi connectivity index (χ4n) is 2.27. The van der Waals surface area contributed by atoms with Gasteiger partial charge in [-0.3, -0.25) is 19.1 Å². The zero-order valence-electron chi connectivity index (χ0n) is 11.6. The van der Waals surface area contributed by atoms with Crippen LogP contribution in [0.5, 0.6) is 0 Å². The summed E-state index contributed by atoms with van der Waals surface area (Å²) in [6.07, 6.45) is 0. The number of fused-ring (bicyclic) bond motifs is 1. The van der Waals surface area contributed by atoms with Crippen LogP contribution in [0.15, 0.2) is 59.4 Å². The minimum atomic E-state index is -0.241. The first kappa shape index (κ1) is 14.8. The lowest BCUT2D eigenvalue weighted by Gasteiger charge is -2.22. The number of carbonyl (C=O) groups is 1. The van der Waals surface area contributed by atoms with Crippen LogP contribution in [0.4, 0.5) is 5.69 Å². The van der Waals surface area contributed by atoms with Gasteiger partial charge in [0.05, 0.1) is 10.2 Å². The monoisotopic (exact) mass is 332 g/mol. The van der Waals surface area contributed by atoms with Crippen molar-refractivity contribution in [2.24, 2.45) is 0 Å². The first-order valence-corrected chi connectivity index (χ1v) is 8.05. The number of halogens is 1. The van der Waals surface area contributed by atoms with Crippen LogP contribution in [-0.2, 0) is 11.5 Å². The van der Waals surface area contributed by atoms with Crippen molar-refractivity contribution in [1.82, 2.24) is 4.57 Å². The molecule has 0 N–H and O–H groups in total. The summed E-state index contributed by atoms with van der Waals surface area (Å²) in [5.41, 5.74) is 1.54. The Kier molecular flexibility index (Phi) is 4.27. The van der Waals surface area contributed by atoms with Gasteiger partial charge in [0.25, 0.3) is 0 Å². The lowest BCUT2D eigenvalue weighted by atomic mass is 10.3. The summed E-state index contributed by atoms with van der Waals surface area (Å²) in [5.74, 6) is -0.374. The molecule has 1 aromatic heterocycles. The second-order valence-corrected chi connectivity index (χ2v) is 5.96. The quantitative estimate of drug-likeness (QED) is 0.688. The number of thiazole rings is 1. The molecule has 0 atom stereocenters. The Morgan fingerprint density at radius 2 is 1.77 bits per heavy atom. The Labute approximate surface area is 136 Å². The van der Waals surface area contributed by atoms with Gasteiger partial charge in [-0.05, 0) is 24.3 Å². The van der Waals surface area contributed by atoms with Crippen LogP contribution >= 0.6 is 22.9 Å². The van der Waals surface area contributed by atoms with Crippen molar-refractivity contribution in [3.8, 4) is 0 Å². The molecule has 22 heavy (non-hydrogen) atoms. The molecule has 0 aliphatic rings. The number of amides is 1. The summed E-state index contributed by atoms with van der Waals surface area (Å²) in [6.45, 7) is 0.151. The Morgan fingerprint density at radius 1 is 1.09 bits per heavy atom. The van der Waals surface area contributed by atoms with E-state index in [4.69, 9.17) is 11.6 Å². The molecule has 1 amide bonds. The Hall–Kier alpha value is -2.11. The number of hydrogen-bond acceptors (Lipinski definition) is 3. The molecule has 0 bridgehead atoms. The van der Waals surface area contributed by atoms with Crippen molar-refractivity contribution in [3.05, 3.63) is 64.3 Å².